The first kappa shape index (κ1) is 16.7. The monoisotopic (exact) mass is 355 g/mol. The number of piperidine rings is 1. The van der Waals surface area contributed by atoms with Crippen molar-refractivity contribution in [3.63, 3.8) is 0 Å². The average molecular weight is 355 g/mol. The fourth-order valence-electron chi connectivity index (χ4n) is 3.45. The van der Waals surface area contributed by atoms with Gasteiger partial charge < -0.3 is 20.1 Å². The highest BCUT2D eigenvalue weighted by Gasteiger charge is 2.32. The summed E-state index contributed by atoms with van der Waals surface area (Å²) in [6, 6.07) is 9.25. The maximum Gasteiger partial charge on any atom is 0.246 e. The van der Waals surface area contributed by atoms with Gasteiger partial charge in [-0.3, -0.25) is 9.59 Å². The first-order chi connectivity index (χ1) is 12.7. The summed E-state index contributed by atoms with van der Waals surface area (Å²) < 4.78 is 5.45. The summed E-state index contributed by atoms with van der Waals surface area (Å²) in [5.74, 6) is 1.21. The van der Waals surface area contributed by atoms with Crippen LogP contribution in [-0.2, 0) is 9.59 Å². The van der Waals surface area contributed by atoms with Crippen LogP contribution in [0.3, 0.4) is 0 Å². The second kappa shape index (κ2) is 7.25. The second-order valence-electron chi connectivity index (χ2n) is 6.67. The minimum absolute atomic E-state index is 0.0282. The Hall–Kier alpha value is -2.74. The first-order valence-electron chi connectivity index (χ1n) is 8.88. The number of aromatic nitrogens is 2. The molecular weight excluding hydrogens is 334 g/mol. The lowest BCUT2D eigenvalue weighted by molar-refractivity contribution is -0.138. The number of benzene rings is 1. The van der Waals surface area contributed by atoms with Crippen molar-refractivity contribution in [3.05, 3.63) is 36.2 Å². The van der Waals surface area contributed by atoms with E-state index >= 15 is 0 Å². The fourth-order valence-corrected chi connectivity index (χ4v) is 3.45. The minimum atomic E-state index is -0.471. The van der Waals surface area contributed by atoms with E-state index in [1.54, 1.807) is 0 Å². The summed E-state index contributed by atoms with van der Waals surface area (Å²) in [5.41, 5.74) is 0.927. The van der Waals surface area contributed by atoms with E-state index in [-0.39, 0.29) is 24.3 Å². The minimum Gasteiger partial charge on any atom is -0.342 e. The highest BCUT2D eigenvalue weighted by atomic mass is 16.5. The zero-order valence-corrected chi connectivity index (χ0v) is 14.4. The third-order valence-corrected chi connectivity index (χ3v) is 4.90. The van der Waals surface area contributed by atoms with Gasteiger partial charge in [-0.1, -0.05) is 35.5 Å². The van der Waals surface area contributed by atoms with E-state index in [2.05, 4.69) is 20.8 Å². The van der Waals surface area contributed by atoms with Crippen molar-refractivity contribution in [2.45, 2.75) is 24.8 Å². The van der Waals surface area contributed by atoms with E-state index < -0.39 is 6.04 Å². The molecule has 1 atom stereocenters. The molecule has 0 spiro atoms. The van der Waals surface area contributed by atoms with Crippen LogP contribution < -0.4 is 10.6 Å². The third-order valence-electron chi connectivity index (χ3n) is 4.90. The molecule has 2 aromatic rings. The van der Waals surface area contributed by atoms with Gasteiger partial charge in [0.05, 0.1) is 6.54 Å². The summed E-state index contributed by atoms with van der Waals surface area (Å²) in [4.78, 5) is 30.3. The van der Waals surface area contributed by atoms with Crippen LogP contribution in [-0.4, -0.2) is 59.1 Å². The van der Waals surface area contributed by atoms with E-state index in [9.17, 15) is 9.59 Å². The third kappa shape index (κ3) is 3.45. The number of carbonyl (C=O) groups is 2. The summed E-state index contributed by atoms with van der Waals surface area (Å²) >= 11 is 0. The summed E-state index contributed by atoms with van der Waals surface area (Å²) in [6.07, 6.45) is 1.55. The first-order valence-corrected chi connectivity index (χ1v) is 8.88. The van der Waals surface area contributed by atoms with Crippen molar-refractivity contribution in [1.82, 2.24) is 25.7 Å². The van der Waals surface area contributed by atoms with Crippen LogP contribution in [0.25, 0.3) is 11.4 Å². The highest BCUT2D eigenvalue weighted by Crippen LogP contribution is 2.28. The molecular formula is C18H21N5O3. The van der Waals surface area contributed by atoms with Gasteiger partial charge in [-0.25, -0.2) is 0 Å². The molecule has 0 aliphatic carbocycles. The topological polar surface area (TPSA) is 100 Å². The Bertz CT molecular complexity index is 783. The van der Waals surface area contributed by atoms with Gasteiger partial charge in [0, 0.05) is 31.1 Å². The molecule has 3 heterocycles. The number of hydrogen-bond donors (Lipinski definition) is 2. The lowest BCUT2D eigenvalue weighted by Crippen LogP contribution is -2.59. The molecule has 1 aromatic carbocycles. The SMILES string of the molecule is O=C1CNCC(C(=O)N2CCC(c3nc(-c4ccccc4)no3)CC2)N1. The van der Waals surface area contributed by atoms with E-state index in [0.717, 1.165) is 18.4 Å². The van der Waals surface area contributed by atoms with Crippen LogP contribution in [0.2, 0.25) is 0 Å². The van der Waals surface area contributed by atoms with Crippen LogP contribution >= 0.6 is 0 Å². The Morgan fingerprint density at radius 2 is 1.96 bits per heavy atom. The molecule has 2 aliphatic rings. The van der Waals surface area contributed by atoms with Crippen molar-refractivity contribution in [3.8, 4) is 11.4 Å². The van der Waals surface area contributed by atoms with Crippen molar-refractivity contribution >= 4 is 11.8 Å². The van der Waals surface area contributed by atoms with Crippen molar-refractivity contribution in [1.29, 1.82) is 0 Å². The molecule has 0 saturated carbocycles. The Kier molecular flexibility index (Phi) is 4.66. The summed E-state index contributed by atoms with van der Waals surface area (Å²) in [5, 5.41) is 9.78. The van der Waals surface area contributed by atoms with Crippen LogP contribution in [0, 0.1) is 0 Å². The zero-order valence-electron chi connectivity index (χ0n) is 14.4. The number of nitrogens with one attached hydrogen (secondary N) is 2. The Morgan fingerprint density at radius 1 is 1.19 bits per heavy atom. The lowest BCUT2D eigenvalue weighted by atomic mass is 9.96. The molecule has 2 N–H and O–H groups in total. The van der Waals surface area contributed by atoms with Gasteiger partial charge in [-0.05, 0) is 12.8 Å². The smallest absolute Gasteiger partial charge is 0.246 e. The molecule has 2 aliphatic heterocycles. The molecule has 2 fully saturated rings. The Balaban J connectivity index is 1.36. The molecule has 136 valence electrons. The normalized spacial score (nSPS) is 21.5. The molecule has 8 heteroatoms. The van der Waals surface area contributed by atoms with Gasteiger partial charge >= 0.3 is 0 Å². The molecule has 0 bridgehead atoms. The van der Waals surface area contributed by atoms with Crippen LogP contribution in [0.5, 0.6) is 0 Å². The van der Waals surface area contributed by atoms with E-state index in [1.807, 2.05) is 35.2 Å². The van der Waals surface area contributed by atoms with Crippen molar-refractivity contribution in [2.75, 3.05) is 26.2 Å². The molecule has 2 amide bonds. The Morgan fingerprint density at radius 3 is 2.69 bits per heavy atom. The lowest BCUT2D eigenvalue weighted by Gasteiger charge is -2.34. The van der Waals surface area contributed by atoms with Crippen LogP contribution in [0.4, 0.5) is 0 Å². The Labute approximate surface area is 150 Å². The number of hydrogen-bond acceptors (Lipinski definition) is 6. The second-order valence-corrected chi connectivity index (χ2v) is 6.67. The largest absolute Gasteiger partial charge is 0.342 e. The predicted molar refractivity (Wildman–Crippen MR) is 93.1 cm³/mol. The molecule has 26 heavy (non-hydrogen) atoms. The maximum atomic E-state index is 12.6. The highest BCUT2D eigenvalue weighted by molar-refractivity contribution is 5.89. The number of amides is 2. The number of carbonyl (C=O) groups excluding carboxylic acids is 2. The quantitative estimate of drug-likeness (QED) is 0.833. The number of likely N-dealkylation sites (tertiary alicyclic amines) is 1. The molecule has 8 nitrogen and oxygen atoms in total. The molecule has 2 saturated heterocycles. The van der Waals surface area contributed by atoms with Crippen molar-refractivity contribution in [2.24, 2.45) is 0 Å². The van der Waals surface area contributed by atoms with Crippen LogP contribution in [0.1, 0.15) is 24.7 Å². The number of piperazine rings is 1. The summed E-state index contributed by atoms with van der Waals surface area (Å²) in [6.45, 7) is 2.00. The van der Waals surface area contributed by atoms with Gasteiger partial charge in [0.25, 0.3) is 0 Å². The molecule has 1 aromatic heterocycles. The summed E-state index contributed by atoms with van der Waals surface area (Å²) in [7, 11) is 0. The molecule has 0 radical (unpaired) electrons. The maximum absolute atomic E-state index is 12.6. The molecule has 4 rings (SSSR count). The molecule has 1 unspecified atom stereocenters. The predicted octanol–water partition coefficient (Wildman–Crippen LogP) is 0.531. The number of rotatable bonds is 3. The van der Waals surface area contributed by atoms with E-state index in [4.69, 9.17) is 4.52 Å². The van der Waals surface area contributed by atoms with Crippen LogP contribution in [0.15, 0.2) is 34.9 Å². The van der Waals surface area contributed by atoms with Gasteiger partial charge in [0.1, 0.15) is 6.04 Å². The number of nitrogens with zero attached hydrogens (tertiary/aromatic N) is 3. The van der Waals surface area contributed by atoms with Gasteiger partial charge in [-0.2, -0.15) is 4.98 Å². The van der Waals surface area contributed by atoms with Gasteiger partial charge in [0.15, 0.2) is 0 Å². The van der Waals surface area contributed by atoms with Crippen molar-refractivity contribution < 1.29 is 14.1 Å². The zero-order chi connectivity index (χ0) is 17.9. The van der Waals surface area contributed by atoms with Gasteiger partial charge in [-0.15, -0.1) is 0 Å². The van der Waals surface area contributed by atoms with E-state index in [1.165, 1.54) is 0 Å². The van der Waals surface area contributed by atoms with E-state index in [0.29, 0.717) is 31.3 Å². The standard InChI is InChI=1S/C18H21N5O3/c24-15-11-19-10-14(20-15)18(25)23-8-6-13(7-9-23)17-21-16(22-26-17)12-4-2-1-3-5-12/h1-5,13-14,19H,6-11H2,(H,20,24). The average Bonchev–Trinajstić information content (AvgIpc) is 3.18. The fraction of sp³-hybridized carbons (Fsp3) is 0.444. The van der Waals surface area contributed by atoms with Gasteiger partial charge in [0.2, 0.25) is 23.5 Å².